The van der Waals surface area contributed by atoms with E-state index in [0.717, 1.165) is 25.2 Å². The second-order valence-electron chi connectivity index (χ2n) is 4.62. The molecule has 1 N–H and O–H groups in total. The number of nitrogens with one attached hydrogen (secondary N) is 1. The van der Waals surface area contributed by atoms with Crippen LogP contribution in [0.25, 0.3) is 0 Å². The molecule has 0 bridgehead atoms. The van der Waals surface area contributed by atoms with Gasteiger partial charge in [-0.25, -0.2) is 0 Å². The molecule has 0 amide bonds. The van der Waals surface area contributed by atoms with Gasteiger partial charge in [0.1, 0.15) is 5.75 Å². The standard InChI is InChI=1S/C15H25NO/c1-5-11-17-15-9-7-14(8-10-15)13(4)16-12(3)6-2/h7-10,12-13,16H,5-6,11H2,1-4H3/t12-,13+/m0/s1. The Morgan fingerprint density at radius 3 is 2.29 bits per heavy atom. The van der Waals surface area contributed by atoms with Crippen LogP contribution in [0, 0.1) is 0 Å². The fourth-order valence-corrected chi connectivity index (χ4v) is 1.71. The third-order valence-electron chi connectivity index (χ3n) is 3.00. The van der Waals surface area contributed by atoms with Gasteiger partial charge in [0, 0.05) is 12.1 Å². The zero-order valence-electron chi connectivity index (χ0n) is 11.5. The van der Waals surface area contributed by atoms with Crippen LogP contribution in [0.2, 0.25) is 0 Å². The van der Waals surface area contributed by atoms with Crippen LogP contribution in [0.4, 0.5) is 0 Å². The highest BCUT2D eigenvalue weighted by Crippen LogP contribution is 2.18. The Morgan fingerprint density at radius 2 is 1.76 bits per heavy atom. The topological polar surface area (TPSA) is 21.3 Å². The first-order valence-corrected chi connectivity index (χ1v) is 6.66. The van der Waals surface area contributed by atoms with Crippen LogP contribution < -0.4 is 10.1 Å². The summed E-state index contributed by atoms with van der Waals surface area (Å²) in [4.78, 5) is 0. The molecule has 0 aliphatic carbocycles. The molecule has 2 nitrogen and oxygen atoms in total. The summed E-state index contributed by atoms with van der Waals surface area (Å²) in [5, 5.41) is 3.57. The third kappa shape index (κ3) is 4.78. The van der Waals surface area contributed by atoms with E-state index in [-0.39, 0.29) is 0 Å². The Balaban J connectivity index is 2.54. The number of hydrogen-bond acceptors (Lipinski definition) is 2. The summed E-state index contributed by atoms with van der Waals surface area (Å²) in [6.45, 7) is 9.53. The molecule has 0 fully saturated rings. The number of ether oxygens (including phenoxy) is 1. The Bertz CT molecular complexity index is 307. The van der Waals surface area contributed by atoms with Crippen molar-refractivity contribution in [3.8, 4) is 5.75 Å². The van der Waals surface area contributed by atoms with Crippen molar-refractivity contribution in [2.75, 3.05) is 6.61 Å². The van der Waals surface area contributed by atoms with Crippen molar-refractivity contribution in [2.24, 2.45) is 0 Å². The summed E-state index contributed by atoms with van der Waals surface area (Å²) in [5.41, 5.74) is 1.31. The quantitative estimate of drug-likeness (QED) is 0.773. The van der Waals surface area contributed by atoms with E-state index in [1.807, 2.05) is 0 Å². The predicted octanol–water partition coefficient (Wildman–Crippen LogP) is 3.92. The van der Waals surface area contributed by atoms with Crippen molar-refractivity contribution >= 4 is 0 Å². The SMILES string of the molecule is CCCOc1ccc([C@@H](C)N[C@@H](C)CC)cc1. The fraction of sp³-hybridized carbons (Fsp3) is 0.600. The fourth-order valence-electron chi connectivity index (χ4n) is 1.71. The van der Waals surface area contributed by atoms with Gasteiger partial charge < -0.3 is 10.1 Å². The third-order valence-corrected chi connectivity index (χ3v) is 3.00. The van der Waals surface area contributed by atoms with Crippen LogP contribution in [0.3, 0.4) is 0 Å². The molecule has 1 aromatic carbocycles. The molecule has 0 aromatic heterocycles. The van der Waals surface area contributed by atoms with Crippen molar-refractivity contribution < 1.29 is 4.74 Å². The lowest BCUT2D eigenvalue weighted by molar-refractivity contribution is 0.317. The molecule has 1 aromatic rings. The van der Waals surface area contributed by atoms with Crippen LogP contribution >= 0.6 is 0 Å². The van der Waals surface area contributed by atoms with E-state index in [0.29, 0.717) is 12.1 Å². The first-order chi connectivity index (χ1) is 8.17. The number of rotatable bonds is 7. The van der Waals surface area contributed by atoms with E-state index in [1.54, 1.807) is 0 Å². The van der Waals surface area contributed by atoms with E-state index >= 15 is 0 Å². The molecule has 0 saturated carbocycles. The van der Waals surface area contributed by atoms with Crippen molar-refractivity contribution in [1.82, 2.24) is 5.32 Å². The second kappa shape index (κ2) is 7.33. The maximum Gasteiger partial charge on any atom is 0.119 e. The molecule has 0 aliphatic heterocycles. The molecular formula is C15H25NO. The lowest BCUT2D eigenvalue weighted by Gasteiger charge is -2.19. The van der Waals surface area contributed by atoms with Gasteiger partial charge in [0.05, 0.1) is 6.61 Å². The van der Waals surface area contributed by atoms with Crippen LogP contribution in [-0.4, -0.2) is 12.6 Å². The summed E-state index contributed by atoms with van der Waals surface area (Å²) in [7, 11) is 0. The number of hydrogen-bond donors (Lipinski definition) is 1. The first-order valence-electron chi connectivity index (χ1n) is 6.66. The largest absolute Gasteiger partial charge is 0.494 e. The smallest absolute Gasteiger partial charge is 0.119 e. The predicted molar refractivity (Wildman–Crippen MR) is 73.5 cm³/mol. The van der Waals surface area contributed by atoms with E-state index in [9.17, 15) is 0 Å². The van der Waals surface area contributed by atoms with E-state index in [1.165, 1.54) is 5.56 Å². The zero-order chi connectivity index (χ0) is 12.7. The minimum atomic E-state index is 0.394. The monoisotopic (exact) mass is 235 g/mol. The molecule has 0 aliphatic rings. The second-order valence-corrected chi connectivity index (χ2v) is 4.62. The highest BCUT2D eigenvalue weighted by atomic mass is 16.5. The highest BCUT2D eigenvalue weighted by Gasteiger charge is 2.07. The molecule has 0 unspecified atom stereocenters. The maximum absolute atomic E-state index is 5.57. The average molecular weight is 235 g/mol. The van der Waals surface area contributed by atoms with Crippen molar-refractivity contribution in [3.05, 3.63) is 29.8 Å². The molecule has 17 heavy (non-hydrogen) atoms. The van der Waals surface area contributed by atoms with Crippen molar-refractivity contribution in [1.29, 1.82) is 0 Å². The van der Waals surface area contributed by atoms with Crippen molar-refractivity contribution in [3.63, 3.8) is 0 Å². The molecule has 0 radical (unpaired) electrons. The molecule has 0 heterocycles. The molecule has 1 rings (SSSR count). The molecule has 2 atom stereocenters. The Morgan fingerprint density at radius 1 is 1.12 bits per heavy atom. The van der Waals surface area contributed by atoms with Crippen molar-refractivity contribution in [2.45, 2.75) is 52.6 Å². The lowest BCUT2D eigenvalue weighted by Crippen LogP contribution is -2.28. The van der Waals surface area contributed by atoms with Gasteiger partial charge in [-0.05, 0) is 44.4 Å². The lowest BCUT2D eigenvalue weighted by atomic mass is 10.1. The van der Waals surface area contributed by atoms with Gasteiger partial charge in [-0.2, -0.15) is 0 Å². The minimum Gasteiger partial charge on any atom is -0.494 e. The van der Waals surface area contributed by atoms with E-state index in [4.69, 9.17) is 4.74 Å². The number of benzene rings is 1. The van der Waals surface area contributed by atoms with E-state index < -0.39 is 0 Å². The summed E-state index contributed by atoms with van der Waals surface area (Å²) in [6, 6.07) is 9.35. The maximum atomic E-state index is 5.57. The molecular weight excluding hydrogens is 210 g/mol. The van der Waals surface area contributed by atoms with Crippen LogP contribution in [0.5, 0.6) is 5.75 Å². The Kier molecular flexibility index (Phi) is 6.06. The molecule has 0 saturated heterocycles. The molecule has 0 spiro atoms. The highest BCUT2D eigenvalue weighted by molar-refractivity contribution is 5.28. The Hall–Kier alpha value is -1.02. The summed E-state index contributed by atoms with van der Waals surface area (Å²) >= 11 is 0. The van der Waals surface area contributed by atoms with Gasteiger partial charge in [0.15, 0.2) is 0 Å². The van der Waals surface area contributed by atoms with Gasteiger partial charge in [-0.3, -0.25) is 0 Å². The Labute approximate surface area is 105 Å². The van der Waals surface area contributed by atoms with Gasteiger partial charge in [-0.15, -0.1) is 0 Å². The van der Waals surface area contributed by atoms with Gasteiger partial charge in [0.2, 0.25) is 0 Å². The average Bonchev–Trinajstić information content (AvgIpc) is 2.36. The zero-order valence-corrected chi connectivity index (χ0v) is 11.5. The molecule has 96 valence electrons. The van der Waals surface area contributed by atoms with Gasteiger partial charge in [0.25, 0.3) is 0 Å². The summed E-state index contributed by atoms with van der Waals surface area (Å²) < 4.78 is 5.57. The summed E-state index contributed by atoms with van der Waals surface area (Å²) in [6.07, 6.45) is 2.20. The van der Waals surface area contributed by atoms with Gasteiger partial charge in [-0.1, -0.05) is 26.0 Å². The summed E-state index contributed by atoms with van der Waals surface area (Å²) in [5.74, 6) is 0.964. The normalized spacial score (nSPS) is 14.4. The first kappa shape index (κ1) is 14.0. The van der Waals surface area contributed by atoms with Gasteiger partial charge >= 0.3 is 0 Å². The van der Waals surface area contributed by atoms with E-state index in [2.05, 4.69) is 57.3 Å². The minimum absolute atomic E-state index is 0.394. The molecule has 2 heteroatoms. The van der Waals surface area contributed by atoms with Crippen LogP contribution in [0.15, 0.2) is 24.3 Å². The van der Waals surface area contributed by atoms with Crippen LogP contribution in [0.1, 0.15) is 52.1 Å². The van der Waals surface area contributed by atoms with Crippen LogP contribution in [-0.2, 0) is 0 Å².